The number of H-pyrrole nitrogens is 1. The molecule has 4 rings (SSSR count). The van der Waals surface area contributed by atoms with Crippen LogP contribution in [0.3, 0.4) is 0 Å². The highest BCUT2D eigenvalue weighted by molar-refractivity contribution is 6.33. The minimum absolute atomic E-state index is 0.846. The van der Waals surface area contributed by atoms with Gasteiger partial charge in [-0.25, -0.2) is 0 Å². The fraction of sp³-hybridized carbons (Fsp3) is 0.300. The first kappa shape index (κ1) is 15.6. The van der Waals surface area contributed by atoms with Gasteiger partial charge in [-0.15, -0.1) is 0 Å². The summed E-state index contributed by atoms with van der Waals surface area (Å²) < 4.78 is 0. The highest BCUT2D eigenvalue weighted by atomic mass is 35.5. The molecule has 4 heteroatoms. The summed E-state index contributed by atoms with van der Waals surface area (Å²) in [7, 11) is 0. The summed E-state index contributed by atoms with van der Waals surface area (Å²) in [5, 5.41) is 2.20. The first-order valence-corrected chi connectivity index (χ1v) is 8.88. The Balaban J connectivity index is 1.46. The highest BCUT2D eigenvalue weighted by Crippen LogP contribution is 2.27. The van der Waals surface area contributed by atoms with Gasteiger partial charge in [-0.1, -0.05) is 41.9 Å². The maximum absolute atomic E-state index is 6.34. The maximum atomic E-state index is 6.34. The molecule has 0 spiro atoms. The van der Waals surface area contributed by atoms with Crippen molar-refractivity contribution in [1.29, 1.82) is 0 Å². The third-order valence-corrected chi connectivity index (χ3v) is 5.29. The molecule has 1 aliphatic heterocycles. The van der Waals surface area contributed by atoms with Gasteiger partial charge in [-0.05, 0) is 30.7 Å². The lowest BCUT2D eigenvalue weighted by molar-refractivity contribution is 0.250. The maximum Gasteiger partial charge on any atom is 0.0639 e. The minimum atomic E-state index is 0.846. The fourth-order valence-corrected chi connectivity index (χ4v) is 3.87. The van der Waals surface area contributed by atoms with Gasteiger partial charge in [0, 0.05) is 49.3 Å². The molecule has 1 aliphatic rings. The third-order valence-electron chi connectivity index (χ3n) is 4.97. The van der Waals surface area contributed by atoms with Gasteiger partial charge in [-0.2, -0.15) is 0 Å². The van der Waals surface area contributed by atoms with E-state index in [4.69, 9.17) is 11.6 Å². The summed E-state index contributed by atoms with van der Waals surface area (Å²) in [6, 6.07) is 16.7. The molecule has 0 saturated carbocycles. The molecule has 0 bridgehead atoms. The van der Waals surface area contributed by atoms with Gasteiger partial charge in [0.15, 0.2) is 0 Å². The lowest BCUT2D eigenvalue weighted by atomic mass is 10.1. The third kappa shape index (κ3) is 2.90. The van der Waals surface area contributed by atoms with Crippen LogP contribution in [0.2, 0.25) is 5.02 Å². The van der Waals surface area contributed by atoms with Gasteiger partial charge in [-0.3, -0.25) is 4.90 Å². The molecule has 0 atom stereocenters. The molecule has 1 fully saturated rings. The van der Waals surface area contributed by atoms with Crippen molar-refractivity contribution in [3.63, 3.8) is 0 Å². The second-order valence-electron chi connectivity index (χ2n) is 6.49. The van der Waals surface area contributed by atoms with Gasteiger partial charge < -0.3 is 9.88 Å². The predicted octanol–water partition coefficient (Wildman–Crippen LogP) is 4.45. The molecule has 0 unspecified atom stereocenters. The lowest BCUT2D eigenvalue weighted by Gasteiger charge is -2.36. The van der Waals surface area contributed by atoms with E-state index in [1.54, 1.807) is 0 Å². The van der Waals surface area contributed by atoms with Gasteiger partial charge in [0.2, 0.25) is 0 Å². The fourth-order valence-electron chi connectivity index (χ4n) is 3.62. The quantitative estimate of drug-likeness (QED) is 0.761. The summed E-state index contributed by atoms with van der Waals surface area (Å²) in [5.74, 6) is 0. The van der Waals surface area contributed by atoms with Crippen LogP contribution in [0.15, 0.2) is 48.5 Å². The zero-order valence-corrected chi connectivity index (χ0v) is 14.7. The number of fused-ring (bicyclic) bond motifs is 1. The number of nitrogens with zero attached hydrogens (tertiary/aromatic N) is 2. The van der Waals surface area contributed by atoms with Crippen molar-refractivity contribution in [2.45, 2.75) is 13.5 Å². The van der Waals surface area contributed by atoms with E-state index in [-0.39, 0.29) is 0 Å². The van der Waals surface area contributed by atoms with Crippen LogP contribution in [0.4, 0.5) is 5.69 Å². The highest BCUT2D eigenvalue weighted by Gasteiger charge is 2.20. The summed E-state index contributed by atoms with van der Waals surface area (Å²) in [6.45, 7) is 7.34. The predicted molar refractivity (Wildman–Crippen MR) is 102 cm³/mol. The SMILES string of the molecule is Cc1[nH]c2ccccc2c1CN1CCN(c2ccccc2Cl)CC1. The zero-order chi connectivity index (χ0) is 16.5. The Morgan fingerprint density at radius 3 is 2.46 bits per heavy atom. The van der Waals surface area contributed by atoms with Crippen LogP contribution in [0, 0.1) is 6.92 Å². The number of rotatable bonds is 3. The number of piperazine rings is 1. The Kier molecular flexibility index (Phi) is 4.21. The molecule has 3 nitrogen and oxygen atoms in total. The molecular formula is C20H22ClN3. The van der Waals surface area contributed by atoms with E-state index in [1.807, 2.05) is 12.1 Å². The molecule has 2 heterocycles. The normalized spacial score (nSPS) is 16.0. The smallest absolute Gasteiger partial charge is 0.0639 e. The first-order valence-electron chi connectivity index (χ1n) is 8.50. The lowest BCUT2D eigenvalue weighted by Crippen LogP contribution is -2.46. The average Bonchev–Trinajstić information content (AvgIpc) is 2.92. The van der Waals surface area contributed by atoms with E-state index >= 15 is 0 Å². The second-order valence-corrected chi connectivity index (χ2v) is 6.90. The Morgan fingerprint density at radius 1 is 0.958 bits per heavy atom. The number of benzene rings is 2. The number of aromatic amines is 1. The summed E-state index contributed by atoms with van der Waals surface area (Å²) in [4.78, 5) is 8.43. The van der Waals surface area contributed by atoms with Crippen molar-refractivity contribution in [3.05, 3.63) is 64.8 Å². The largest absolute Gasteiger partial charge is 0.368 e. The minimum Gasteiger partial charge on any atom is -0.368 e. The van der Waals surface area contributed by atoms with Gasteiger partial charge in [0.25, 0.3) is 0 Å². The molecule has 1 saturated heterocycles. The van der Waals surface area contributed by atoms with E-state index < -0.39 is 0 Å². The van der Waals surface area contributed by atoms with E-state index in [2.05, 4.69) is 58.1 Å². The zero-order valence-electron chi connectivity index (χ0n) is 13.9. The van der Waals surface area contributed by atoms with E-state index in [0.29, 0.717) is 0 Å². The molecule has 0 amide bonds. The van der Waals surface area contributed by atoms with Crippen LogP contribution >= 0.6 is 11.6 Å². The number of aromatic nitrogens is 1. The summed E-state index contributed by atoms with van der Waals surface area (Å²) in [6.07, 6.45) is 0. The number of hydrogen-bond acceptors (Lipinski definition) is 2. The van der Waals surface area contributed by atoms with Gasteiger partial charge >= 0.3 is 0 Å². The second kappa shape index (κ2) is 6.50. The Morgan fingerprint density at radius 2 is 1.67 bits per heavy atom. The summed E-state index contributed by atoms with van der Waals surface area (Å²) in [5.41, 5.74) is 5.10. The van der Waals surface area contributed by atoms with E-state index in [0.717, 1.165) is 43.4 Å². The molecular weight excluding hydrogens is 318 g/mol. The molecule has 0 aliphatic carbocycles. The van der Waals surface area contributed by atoms with Crippen LogP contribution < -0.4 is 4.90 Å². The van der Waals surface area contributed by atoms with Crippen LogP contribution in [-0.2, 0) is 6.54 Å². The van der Waals surface area contributed by atoms with E-state index in [9.17, 15) is 0 Å². The molecule has 1 aromatic heterocycles. The number of aryl methyl sites for hydroxylation is 1. The molecule has 0 radical (unpaired) electrons. The molecule has 1 N–H and O–H groups in total. The van der Waals surface area contributed by atoms with Gasteiger partial charge in [0.1, 0.15) is 0 Å². The average molecular weight is 340 g/mol. The Hall–Kier alpha value is -1.97. The molecule has 24 heavy (non-hydrogen) atoms. The van der Waals surface area contributed by atoms with Crippen molar-refractivity contribution in [3.8, 4) is 0 Å². The number of para-hydroxylation sites is 2. The Bertz CT molecular complexity index is 847. The standard InChI is InChI=1S/C20H22ClN3/c1-15-17(16-6-2-4-8-19(16)22-15)14-23-10-12-24(13-11-23)20-9-5-3-7-18(20)21/h2-9,22H,10-14H2,1H3. The molecule has 124 valence electrons. The topological polar surface area (TPSA) is 22.3 Å². The van der Waals surface area contributed by atoms with Gasteiger partial charge in [0.05, 0.1) is 10.7 Å². The summed E-state index contributed by atoms with van der Waals surface area (Å²) >= 11 is 6.34. The van der Waals surface area contributed by atoms with E-state index in [1.165, 1.54) is 22.2 Å². The van der Waals surface area contributed by atoms with Crippen LogP contribution in [0.1, 0.15) is 11.3 Å². The number of nitrogens with one attached hydrogen (secondary N) is 1. The van der Waals surface area contributed by atoms with Crippen molar-refractivity contribution in [2.75, 3.05) is 31.1 Å². The molecule has 2 aromatic carbocycles. The Labute approximate surface area is 147 Å². The first-order chi connectivity index (χ1) is 11.7. The van der Waals surface area contributed by atoms with Crippen molar-refractivity contribution in [2.24, 2.45) is 0 Å². The van der Waals surface area contributed by atoms with Crippen molar-refractivity contribution >= 4 is 28.2 Å². The molecule has 3 aromatic rings. The number of hydrogen-bond donors (Lipinski definition) is 1. The van der Waals surface area contributed by atoms with Crippen molar-refractivity contribution in [1.82, 2.24) is 9.88 Å². The van der Waals surface area contributed by atoms with Crippen LogP contribution in [0.5, 0.6) is 0 Å². The van der Waals surface area contributed by atoms with Crippen molar-refractivity contribution < 1.29 is 0 Å². The monoisotopic (exact) mass is 339 g/mol. The number of halogens is 1. The van der Waals surface area contributed by atoms with Crippen LogP contribution in [-0.4, -0.2) is 36.1 Å². The number of anilines is 1. The van der Waals surface area contributed by atoms with Crippen LogP contribution in [0.25, 0.3) is 10.9 Å².